The molecule has 1 unspecified atom stereocenters. The van der Waals surface area contributed by atoms with Gasteiger partial charge in [0.2, 0.25) is 0 Å². The van der Waals surface area contributed by atoms with Crippen LogP contribution in [-0.4, -0.2) is 42.4 Å². The van der Waals surface area contributed by atoms with Crippen molar-refractivity contribution in [3.05, 3.63) is 29.8 Å². The van der Waals surface area contributed by atoms with Gasteiger partial charge in [-0.3, -0.25) is 4.79 Å². The van der Waals surface area contributed by atoms with Crippen LogP contribution < -0.4 is 4.74 Å². The third kappa shape index (κ3) is 7.20. The zero-order chi connectivity index (χ0) is 14.1. The molecule has 0 saturated carbocycles. The highest BCUT2D eigenvalue weighted by atomic mass is 32.2. The Balaban J connectivity index is 2.30. The van der Waals surface area contributed by atoms with Gasteiger partial charge in [-0.25, -0.2) is 0 Å². The molecular formula is C14H20O4S. The van der Waals surface area contributed by atoms with Gasteiger partial charge in [-0.15, -0.1) is 0 Å². The number of carbonyl (C=O) groups is 1. The van der Waals surface area contributed by atoms with Crippen LogP contribution in [-0.2, 0) is 16.0 Å². The van der Waals surface area contributed by atoms with Gasteiger partial charge >= 0.3 is 0 Å². The highest BCUT2D eigenvalue weighted by molar-refractivity contribution is 8.13. The van der Waals surface area contributed by atoms with E-state index in [-0.39, 0.29) is 11.7 Å². The SMILES string of the molecule is COCCc1ccc(OCC(O)CSC(C)=O)cc1. The zero-order valence-electron chi connectivity index (χ0n) is 11.3. The Morgan fingerprint density at radius 1 is 1.37 bits per heavy atom. The molecule has 0 bridgehead atoms. The van der Waals surface area contributed by atoms with Crippen molar-refractivity contribution in [1.29, 1.82) is 0 Å². The van der Waals surface area contributed by atoms with E-state index in [0.717, 1.165) is 18.2 Å². The summed E-state index contributed by atoms with van der Waals surface area (Å²) in [6.07, 6.45) is 0.233. The molecule has 0 saturated heterocycles. The van der Waals surface area contributed by atoms with E-state index >= 15 is 0 Å². The topological polar surface area (TPSA) is 55.8 Å². The van der Waals surface area contributed by atoms with E-state index in [9.17, 15) is 9.90 Å². The molecule has 0 aliphatic carbocycles. The van der Waals surface area contributed by atoms with Crippen LogP contribution in [0.4, 0.5) is 0 Å². The van der Waals surface area contributed by atoms with Crippen molar-refractivity contribution < 1.29 is 19.4 Å². The van der Waals surface area contributed by atoms with Gasteiger partial charge in [-0.05, 0) is 24.1 Å². The van der Waals surface area contributed by atoms with E-state index in [1.165, 1.54) is 12.5 Å². The minimum Gasteiger partial charge on any atom is -0.491 e. The fourth-order valence-electron chi connectivity index (χ4n) is 1.43. The number of benzene rings is 1. The van der Waals surface area contributed by atoms with E-state index in [1.54, 1.807) is 7.11 Å². The van der Waals surface area contributed by atoms with Crippen molar-refractivity contribution in [2.75, 3.05) is 26.1 Å². The van der Waals surface area contributed by atoms with Crippen LogP contribution >= 0.6 is 11.8 Å². The third-order valence-corrected chi connectivity index (χ3v) is 3.40. The van der Waals surface area contributed by atoms with Crippen LogP contribution in [0.2, 0.25) is 0 Å². The Kier molecular flexibility index (Phi) is 7.55. The number of hydrogen-bond donors (Lipinski definition) is 1. The Bertz CT molecular complexity index is 378. The molecule has 106 valence electrons. The van der Waals surface area contributed by atoms with Crippen molar-refractivity contribution >= 4 is 16.9 Å². The number of aliphatic hydroxyl groups excluding tert-OH is 1. The van der Waals surface area contributed by atoms with Crippen molar-refractivity contribution in [2.45, 2.75) is 19.4 Å². The molecule has 1 aromatic rings. The minimum atomic E-state index is -0.637. The summed E-state index contributed by atoms with van der Waals surface area (Å²) in [6, 6.07) is 7.70. The maximum absolute atomic E-state index is 10.7. The fraction of sp³-hybridized carbons (Fsp3) is 0.500. The minimum absolute atomic E-state index is 0.00143. The van der Waals surface area contributed by atoms with Crippen molar-refractivity contribution in [3.63, 3.8) is 0 Å². The van der Waals surface area contributed by atoms with E-state index in [1.807, 2.05) is 24.3 Å². The van der Waals surface area contributed by atoms with Gasteiger partial charge in [0.15, 0.2) is 5.12 Å². The lowest BCUT2D eigenvalue weighted by atomic mass is 10.1. The standard InChI is InChI=1S/C14H20O4S/c1-11(15)19-10-13(16)9-18-14-5-3-12(4-6-14)7-8-17-2/h3-6,13,16H,7-10H2,1-2H3. The normalized spacial score (nSPS) is 12.2. The first-order valence-electron chi connectivity index (χ1n) is 6.14. The summed E-state index contributed by atoms with van der Waals surface area (Å²) in [7, 11) is 1.68. The second kappa shape index (κ2) is 8.96. The smallest absolute Gasteiger partial charge is 0.185 e. The van der Waals surface area contributed by atoms with Gasteiger partial charge in [0.05, 0.1) is 12.7 Å². The first-order valence-corrected chi connectivity index (χ1v) is 7.12. The van der Waals surface area contributed by atoms with Gasteiger partial charge in [-0.2, -0.15) is 0 Å². The Labute approximate surface area is 118 Å². The Morgan fingerprint density at radius 2 is 2.05 bits per heavy atom. The molecule has 0 spiro atoms. The second-order valence-corrected chi connectivity index (χ2v) is 5.35. The Hall–Kier alpha value is -1.04. The van der Waals surface area contributed by atoms with Crippen LogP contribution in [0.1, 0.15) is 12.5 Å². The second-order valence-electron chi connectivity index (χ2n) is 4.15. The van der Waals surface area contributed by atoms with Gasteiger partial charge < -0.3 is 14.6 Å². The van der Waals surface area contributed by atoms with Crippen LogP contribution in [0.15, 0.2) is 24.3 Å². The predicted molar refractivity (Wildman–Crippen MR) is 76.7 cm³/mol. The van der Waals surface area contributed by atoms with E-state index in [4.69, 9.17) is 9.47 Å². The maximum atomic E-state index is 10.7. The van der Waals surface area contributed by atoms with E-state index < -0.39 is 6.10 Å². The molecule has 0 radical (unpaired) electrons. The first-order chi connectivity index (χ1) is 9.11. The average Bonchev–Trinajstić information content (AvgIpc) is 2.41. The molecule has 1 aromatic carbocycles. The Morgan fingerprint density at radius 3 is 2.63 bits per heavy atom. The number of ether oxygens (including phenoxy) is 2. The molecule has 0 fully saturated rings. The maximum Gasteiger partial charge on any atom is 0.185 e. The third-order valence-electron chi connectivity index (χ3n) is 2.44. The molecule has 19 heavy (non-hydrogen) atoms. The van der Waals surface area contributed by atoms with Crippen molar-refractivity contribution in [3.8, 4) is 5.75 Å². The molecule has 0 aliphatic heterocycles. The van der Waals surface area contributed by atoms with E-state index in [0.29, 0.717) is 18.1 Å². The van der Waals surface area contributed by atoms with Crippen LogP contribution in [0.25, 0.3) is 0 Å². The summed E-state index contributed by atoms with van der Waals surface area (Å²) in [5.74, 6) is 1.08. The molecule has 4 nitrogen and oxygen atoms in total. The number of carbonyl (C=O) groups excluding carboxylic acids is 1. The van der Waals surface area contributed by atoms with Gasteiger partial charge in [0.1, 0.15) is 12.4 Å². The highest BCUT2D eigenvalue weighted by Gasteiger charge is 2.07. The first kappa shape index (κ1) is 16.0. The number of rotatable bonds is 8. The average molecular weight is 284 g/mol. The molecule has 1 N–H and O–H groups in total. The van der Waals surface area contributed by atoms with Crippen molar-refractivity contribution in [2.24, 2.45) is 0 Å². The monoisotopic (exact) mass is 284 g/mol. The lowest BCUT2D eigenvalue weighted by Crippen LogP contribution is -2.20. The fourth-order valence-corrected chi connectivity index (χ4v) is 1.95. The van der Waals surface area contributed by atoms with Crippen LogP contribution in [0.5, 0.6) is 5.75 Å². The molecule has 0 heterocycles. The molecule has 0 amide bonds. The summed E-state index contributed by atoms with van der Waals surface area (Å²) in [4.78, 5) is 10.7. The summed E-state index contributed by atoms with van der Waals surface area (Å²) >= 11 is 1.10. The number of aliphatic hydroxyl groups is 1. The number of methoxy groups -OCH3 is 1. The molecule has 0 aliphatic rings. The number of thioether (sulfide) groups is 1. The quantitative estimate of drug-likeness (QED) is 0.790. The zero-order valence-corrected chi connectivity index (χ0v) is 12.1. The van der Waals surface area contributed by atoms with Gasteiger partial charge in [0, 0.05) is 19.8 Å². The summed E-state index contributed by atoms with van der Waals surface area (Å²) in [5, 5.41) is 9.62. The summed E-state index contributed by atoms with van der Waals surface area (Å²) in [5.41, 5.74) is 1.18. The lowest BCUT2D eigenvalue weighted by molar-refractivity contribution is -0.109. The highest BCUT2D eigenvalue weighted by Crippen LogP contribution is 2.13. The molecule has 0 aromatic heterocycles. The van der Waals surface area contributed by atoms with Crippen LogP contribution in [0, 0.1) is 0 Å². The number of hydrogen-bond acceptors (Lipinski definition) is 5. The van der Waals surface area contributed by atoms with E-state index in [2.05, 4.69) is 0 Å². The molecular weight excluding hydrogens is 264 g/mol. The largest absolute Gasteiger partial charge is 0.491 e. The van der Waals surface area contributed by atoms with Crippen LogP contribution in [0.3, 0.4) is 0 Å². The molecule has 1 atom stereocenters. The van der Waals surface area contributed by atoms with Gasteiger partial charge in [-0.1, -0.05) is 23.9 Å². The van der Waals surface area contributed by atoms with Gasteiger partial charge in [0.25, 0.3) is 0 Å². The molecule has 1 rings (SSSR count). The van der Waals surface area contributed by atoms with Crippen molar-refractivity contribution in [1.82, 2.24) is 0 Å². The lowest BCUT2D eigenvalue weighted by Gasteiger charge is -2.11. The predicted octanol–water partition coefficient (Wildman–Crippen LogP) is 1.89. The summed E-state index contributed by atoms with van der Waals surface area (Å²) in [6.45, 7) is 2.37. The molecule has 5 heteroatoms. The summed E-state index contributed by atoms with van der Waals surface area (Å²) < 4.78 is 10.5.